The van der Waals surface area contributed by atoms with Crippen molar-refractivity contribution in [1.82, 2.24) is 15.3 Å². The maximum absolute atomic E-state index is 5.87. The SMILES string of the molecule is Cc1ncc(C(C)NCc2cccc3c2OCCCO3)c(C)n1. The van der Waals surface area contributed by atoms with E-state index in [0.717, 1.165) is 40.6 Å². The van der Waals surface area contributed by atoms with E-state index in [1.54, 1.807) is 0 Å². The summed E-state index contributed by atoms with van der Waals surface area (Å²) in [4.78, 5) is 8.74. The molecular formula is C18H23N3O2. The van der Waals surface area contributed by atoms with Crippen LogP contribution in [0, 0.1) is 13.8 Å². The number of aryl methyl sites for hydroxylation is 2. The summed E-state index contributed by atoms with van der Waals surface area (Å²) in [6.45, 7) is 8.17. The minimum absolute atomic E-state index is 0.165. The van der Waals surface area contributed by atoms with Crippen LogP contribution in [0.25, 0.3) is 0 Å². The fourth-order valence-corrected chi connectivity index (χ4v) is 2.78. The second kappa shape index (κ2) is 6.96. The summed E-state index contributed by atoms with van der Waals surface area (Å²) in [6.07, 6.45) is 2.82. The van der Waals surface area contributed by atoms with Crippen LogP contribution in [0.2, 0.25) is 0 Å². The Balaban J connectivity index is 1.73. The van der Waals surface area contributed by atoms with E-state index in [1.165, 1.54) is 0 Å². The molecule has 0 saturated carbocycles. The lowest BCUT2D eigenvalue weighted by atomic mass is 10.1. The largest absolute Gasteiger partial charge is 0.490 e. The van der Waals surface area contributed by atoms with Gasteiger partial charge >= 0.3 is 0 Å². The van der Waals surface area contributed by atoms with Crippen molar-refractivity contribution in [3.63, 3.8) is 0 Å². The van der Waals surface area contributed by atoms with E-state index >= 15 is 0 Å². The van der Waals surface area contributed by atoms with Crippen LogP contribution in [0.1, 0.15) is 42.0 Å². The molecule has 1 aromatic heterocycles. The van der Waals surface area contributed by atoms with Gasteiger partial charge in [-0.25, -0.2) is 9.97 Å². The van der Waals surface area contributed by atoms with Gasteiger partial charge in [-0.1, -0.05) is 12.1 Å². The second-order valence-corrected chi connectivity index (χ2v) is 5.86. The number of hydrogen-bond donors (Lipinski definition) is 1. The predicted molar refractivity (Wildman–Crippen MR) is 88.8 cm³/mol. The Hall–Kier alpha value is -2.14. The molecule has 1 N–H and O–H groups in total. The van der Waals surface area contributed by atoms with Gasteiger partial charge in [0.15, 0.2) is 11.5 Å². The van der Waals surface area contributed by atoms with Crippen LogP contribution in [0.5, 0.6) is 11.5 Å². The third kappa shape index (κ3) is 3.62. The van der Waals surface area contributed by atoms with Gasteiger partial charge in [0.1, 0.15) is 5.82 Å². The van der Waals surface area contributed by atoms with E-state index in [9.17, 15) is 0 Å². The Morgan fingerprint density at radius 3 is 2.87 bits per heavy atom. The fourth-order valence-electron chi connectivity index (χ4n) is 2.78. The molecule has 0 radical (unpaired) electrons. The lowest BCUT2D eigenvalue weighted by Crippen LogP contribution is -2.20. The molecule has 0 spiro atoms. The Bertz CT molecular complexity index is 688. The monoisotopic (exact) mass is 313 g/mol. The van der Waals surface area contributed by atoms with Crippen LogP contribution in [0.4, 0.5) is 0 Å². The van der Waals surface area contributed by atoms with Gasteiger partial charge in [0.25, 0.3) is 0 Å². The highest BCUT2D eigenvalue weighted by Gasteiger charge is 2.16. The standard InChI is InChI=1S/C18H23N3O2/c1-12(16-11-20-14(3)21-13(16)2)19-10-15-6-4-7-17-18(15)23-9-5-8-22-17/h4,6-7,11-12,19H,5,8-10H2,1-3H3. The third-order valence-electron chi connectivity index (χ3n) is 4.06. The normalized spacial score (nSPS) is 15.1. The summed E-state index contributed by atoms with van der Waals surface area (Å²) in [5.74, 6) is 2.50. The van der Waals surface area contributed by atoms with E-state index in [2.05, 4.69) is 28.3 Å². The van der Waals surface area contributed by atoms with E-state index in [4.69, 9.17) is 9.47 Å². The Morgan fingerprint density at radius 1 is 1.22 bits per heavy atom. The van der Waals surface area contributed by atoms with E-state index in [1.807, 2.05) is 32.2 Å². The van der Waals surface area contributed by atoms with Crippen molar-refractivity contribution in [2.75, 3.05) is 13.2 Å². The van der Waals surface area contributed by atoms with Crippen LogP contribution in [-0.4, -0.2) is 23.2 Å². The third-order valence-corrected chi connectivity index (χ3v) is 4.06. The highest BCUT2D eigenvalue weighted by molar-refractivity contribution is 5.47. The molecule has 1 aromatic carbocycles. The van der Waals surface area contributed by atoms with Crippen LogP contribution >= 0.6 is 0 Å². The van der Waals surface area contributed by atoms with Gasteiger partial charge < -0.3 is 14.8 Å². The van der Waals surface area contributed by atoms with Crippen molar-refractivity contribution in [3.05, 3.63) is 47.0 Å². The molecule has 0 amide bonds. The number of nitrogens with zero attached hydrogens (tertiary/aromatic N) is 2. The average molecular weight is 313 g/mol. The molecule has 23 heavy (non-hydrogen) atoms. The number of fused-ring (bicyclic) bond motifs is 1. The molecule has 2 aromatic rings. The minimum atomic E-state index is 0.165. The van der Waals surface area contributed by atoms with Gasteiger partial charge in [-0.3, -0.25) is 0 Å². The first-order valence-corrected chi connectivity index (χ1v) is 8.06. The predicted octanol–water partition coefficient (Wildman–Crippen LogP) is 3.11. The molecule has 5 nitrogen and oxygen atoms in total. The van der Waals surface area contributed by atoms with E-state index < -0.39 is 0 Å². The highest BCUT2D eigenvalue weighted by atomic mass is 16.5. The van der Waals surface area contributed by atoms with Crippen LogP contribution in [0.3, 0.4) is 0 Å². The first-order chi connectivity index (χ1) is 11.1. The molecule has 0 aliphatic carbocycles. The number of hydrogen-bond acceptors (Lipinski definition) is 5. The van der Waals surface area contributed by atoms with Crippen molar-refractivity contribution in [2.45, 2.75) is 39.8 Å². The van der Waals surface area contributed by atoms with Crippen LogP contribution in [0.15, 0.2) is 24.4 Å². The minimum Gasteiger partial charge on any atom is -0.490 e. The molecule has 0 saturated heterocycles. The molecule has 0 fully saturated rings. The Morgan fingerprint density at radius 2 is 2.04 bits per heavy atom. The number of benzene rings is 1. The zero-order valence-electron chi connectivity index (χ0n) is 13.9. The van der Waals surface area contributed by atoms with Gasteiger partial charge in [0, 0.05) is 42.0 Å². The summed E-state index contributed by atoms with van der Waals surface area (Å²) in [5.41, 5.74) is 3.25. The van der Waals surface area contributed by atoms with Crippen LogP contribution in [-0.2, 0) is 6.54 Å². The molecule has 1 aliphatic rings. The maximum atomic E-state index is 5.87. The van der Waals surface area contributed by atoms with Crippen molar-refractivity contribution in [3.8, 4) is 11.5 Å². The van der Waals surface area contributed by atoms with Gasteiger partial charge in [-0.15, -0.1) is 0 Å². The van der Waals surface area contributed by atoms with E-state index in [-0.39, 0.29) is 6.04 Å². The van der Waals surface area contributed by atoms with Gasteiger partial charge in [0.05, 0.1) is 13.2 Å². The van der Waals surface area contributed by atoms with Crippen molar-refractivity contribution < 1.29 is 9.47 Å². The van der Waals surface area contributed by atoms with Crippen molar-refractivity contribution in [2.24, 2.45) is 0 Å². The molecule has 0 bridgehead atoms. The molecule has 1 unspecified atom stereocenters. The number of nitrogens with one attached hydrogen (secondary N) is 1. The smallest absolute Gasteiger partial charge is 0.165 e. The quantitative estimate of drug-likeness (QED) is 0.940. The molecular weight excluding hydrogens is 290 g/mol. The molecule has 1 aliphatic heterocycles. The first kappa shape index (κ1) is 15.7. The summed E-state index contributed by atoms with van der Waals surface area (Å²) in [5, 5.41) is 3.53. The zero-order valence-corrected chi connectivity index (χ0v) is 13.9. The molecule has 5 heteroatoms. The van der Waals surface area contributed by atoms with Crippen molar-refractivity contribution in [1.29, 1.82) is 0 Å². The number of rotatable bonds is 4. The number of aromatic nitrogens is 2. The summed E-state index contributed by atoms with van der Waals surface area (Å²) >= 11 is 0. The lowest BCUT2D eigenvalue weighted by molar-refractivity contribution is 0.295. The number of ether oxygens (including phenoxy) is 2. The summed E-state index contributed by atoms with van der Waals surface area (Å²) in [6, 6.07) is 6.21. The van der Waals surface area contributed by atoms with Crippen molar-refractivity contribution >= 4 is 0 Å². The topological polar surface area (TPSA) is 56.3 Å². The van der Waals surface area contributed by atoms with Gasteiger partial charge in [-0.2, -0.15) is 0 Å². The fraction of sp³-hybridized carbons (Fsp3) is 0.444. The highest BCUT2D eigenvalue weighted by Crippen LogP contribution is 2.33. The first-order valence-electron chi connectivity index (χ1n) is 8.06. The second-order valence-electron chi connectivity index (χ2n) is 5.86. The van der Waals surface area contributed by atoms with E-state index in [0.29, 0.717) is 19.8 Å². The Kier molecular flexibility index (Phi) is 4.76. The summed E-state index contributed by atoms with van der Waals surface area (Å²) in [7, 11) is 0. The molecule has 1 atom stereocenters. The molecule has 3 rings (SSSR count). The zero-order chi connectivity index (χ0) is 16.2. The maximum Gasteiger partial charge on any atom is 0.165 e. The lowest BCUT2D eigenvalue weighted by Gasteiger charge is -2.18. The Labute approximate surface area is 137 Å². The number of para-hydroxylation sites is 1. The average Bonchev–Trinajstić information content (AvgIpc) is 2.78. The molecule has 2 heterocycles. The summed E-state index contributed by atoms with van der Waals surface area (Å²) < 4.78 is 11.6. The van der Waals surface area contributed by atoms with Gasteiger partial charge in [0.2, 0.25) is 0 Å². The molecule has 122 valence electrons. The van der Waals surface area contributed by atoms with Crippen LogP contribution < -0.4 is 14.8 Å². The van der Waals surface area contributed by atoms with Gasteiger partial charge in [-0.05, 0) is 26.8 Å².